The van der Waals surface area contributed by atoms with E-state index in [2.05, 4.69) is 29.6 Å². The van der Waals surface area contributed by atoms with Crippen molar-refractivity contribution in [3.63, 3.8) is 0 Å². The summed E-state index contributed by atoms with van der Waals surface area (Å²) in [5.41, 5.74) is 2.03. The molecule has 0 aliphatic carbocycles. The molecule has 0 fully saturated rings. The van der Waals surface area contributed by atoms with E-state index in [9.17, 15) is 4.79 Å². The molecule has 3 aromatic rings. The van der Waals surface area contributed by atoms with Crippen molar-refractivity contribution in [2.75, 3.05) is 0 Å². The summed E-state index contributed by atoms with van der Waals surface area (Å²) in [6, 6.07) is 10.2. The van der Waals surface area contributed by atoms with Crippen LogP contribution in [-0.4, -0.2) is 10.9 Å². The largest absolute Gasteiger partial charge is 0.349 e. The lowest BCUT2D eigenvalue weighted by Crippen LogP contribution is -1.94. The van der Waals surface area contributed by atoms with Crippen LogP contribution in [-0.2, 0) is 6.54 Å². The van der Waals surface area contributed by atoms with Crippen molar-refractivity contribution in [3.05, 3.63) is 59.2 Å². The molecule has 84 valence electrons. The number of fused-ring (bicyclic) bond motifs is 1. The molecule has 2 heterocycles. The molecular formula is C14H11NOS. The topological polar surface area (TPSA) is 22.0 Å². The molecule has 0 bridgehead atoms. The van der Waals surface area contributed by atoms with Crippen LogP contribution in [0.25, 0.3) is 10.1 Å². The van der Waals surface area contributed by atoms with Gasteiger partial charge in [-0.25, -0.2) is 0 Å². The fourth-order valence-corrected chi connectivity index (χ4v) is 2.93. The summed E-state index contributed by atoms with van der Waals surface area (Å²) in [7, 11) is 0. The maximum absolute atomic E-state index is 10.6. The summed E-state index contributed by atoms with van der Waals surface area (Å²) in [4.78, 5) is 10.6. The number of benzene rings is 1. The lowest BCUT2D eigenvalue weighted by atomic mass is 10.2. The number of nitrogens with zero attached hydrogens (tertiary/aromatic N) is 1. The number of hydrogen-bond donors (Lipinski definition) is 0. The highest BCUT2D eigenvalue weighted by atomic mass is 32.1. The van der Waals surface area contributed by atoms with Crippen LogP contribution in [0.5, 0.6) is 0 Å². The number of aromatic nitrogens is 1. The van der Waals surface area contributed by atoms with Gasteiger partial charge in [0.15, 0.2) is 6.29 Å². The fourth-order valence-electron chi connectivity index (χ4n) is 1.98. The Hall–Kier alpha value is -1.87. The highest BCUT2D eigenvalue weighted by molar-refractivity contribution is 7.17. The lowest BCUT2D eigenvalue weighted by molar-refractivity contribution is 0.112. The molecule has 0 spiro atoms. The van der Waals surface area contributed by atoms with Crippen LogP contribution in [0.3, 0.4) is 0 Å². The Morgan fingerprint density at radius 3 is 2.94 bits per heavy atom. The van der Waals surface area contributed by atoms with E-state index in [1.165, 1.54) is 15.6 Å². The molecule has 3 rings (SSSR count). The van der Waals surface area contributed by atoms with E-state index in [0.29, 0.717) is 0 Å². The van der Waals surface area contributed by atoms with Gasteiger partial charge in [0.2, 0.25) is 0 Å². The molecule has 2 aromatic heterocycles. The first-order chi connectivity index (χ1) is 8.36. The lowest BCUT2D eigenvalue weighted by Gasteiger charge is -2.01. The van der Waals surface area contributed by atoms with Gasteiger partial charge in [-0.2, -0.15) is 0 Å². The molecule has 3 heteroatoms. The molecule has 17 heavy (non-hydrogen) atoms. The third kappa shape index (κ3) is 1.89. The van der Waals surface area contributed by atoms with Gasteiger partial charge in [-0.3, -0.25) is 4.79 Å². The first-order valence-electron chi connectivity index (χ1n) is 5.43. The fraction of sp³-hybridized carbons (Fsp3) is 0.0714. The molecule has 0 N–H and O–H groups in total. The summed E-state index contributed by atoms with van der Waals surface area (Å²) < 4.78 is 3.35. The molecule has 0 amide bonds. The minimum absolute atomic E-state index is 0.726. The number of thiophene rings is 1. The average Bonchev–Trinajstić information content (AvgIpc) is 2.97. The van der Waals surface area contributed by atoms with Gasteiger partial charge in [0.05, 0.1) is 0 Å². The van der Waals surface area contributed by atoms with E-state index >= 15 is 0 Å². The van der Waals surface area contributed by atoms with Crippen LogP contribution in [0.2, 0.25) is 0 Å². The third-order valence-electron chi connectivity index (χ3n) is 2.82. The van der Waals surface area contributed by atoms with E-state index in [1.807, 2.05) is 23.0 Å². The summed E-state index contributed by atoms with van der Waals surface area (Å²) in [5, 5.41) is 3.49. The third-order valence-corrected chi connectivity index (χ3v) is 3.84. The first-order valence-corrected chi connectivity index (χ1v) is 6.31. The second-order valence-electron chi connectivity index (χ2n) is 3.99. The molecule has 0 atom stereocenters. The van der Waals surface area contributed by atoms with Crippen LogP contribution in [0.15, 0.2) is 48.1 Å². The van der Waals surface area contributed by atoms with Crippen LogP contribution >= 0.6 is 11.3 Å². The van der Waals surface area contributed by atoms with Crippen LogP contribution in [0.1, 0.15) is 15.9 Å². The number of carbonyl (C=O) groups excluding carboxylic acids is 1. The molecule has 2 nitrogen and oxygen atoms in total. The van der Waals surface area contributed by atoms with E-state index in [1.54, 1.807) is 11.3 Å². The van der Waals surface area contributed by atoms with E-state index in [-0.39, 0.29) is 0 Å². The van der Waals surface area contributed by atoms with E-state index < -0.39 is 0 Å². The molecule has 0 aliphatic heterocycles. The summed E-state index contributed by atoms with van der Waals surface area (Å²) >= 11 is 1.76. The Bertz CT molecular complexity index is 665. The Morgan fingerprint density at radius 2 is 2.12 bits per heavy atom. The molecule has 0 saturated carbocycles. The average molecular weight is 241 g/mol. The molecule has 0 saturated heterocycles. The van der Waals surface area contributed by atoms with Gasteiger partial charge in [-0.1, -0.05) is 18.2 Å². The highest BCUT2D eigenvalue weighted by Gasteiger charge is 2.04. The van der Waals surface area contributed by atoms with Crippen molar-refractivity contribution in [2.24, 2.45) is 0 Å². The predicted octanol–water partition coefficient (Wildman–Crippen LogP) is 3.56. The molecular weight excluding hydrogens is 230 g/mol. The Balaban J connectivity index is 1.96. The number of carbonyl (C=O) groups is 1. The standard InChI is InChI=1S/C14H11NOS/c16-9-11-5-6-15(7-11)8-12-10-17-14-4-2-1-3-13(12)14/h1-7,9-10H,8H2. The number of hydrogen-bond acceptors (Lipinski definition) is 2. The smallest absolute Gasteiger partial charge is 0.151 e. The normalized spacial score (nSPS) is 10.8. The minimum atomic E-state index is 0.726. The maximum Gasteiger partial charge on any atom is 0.151 e. The Labute approximate surface area is 103 Å². The minimum Gasteiger partial charge on any atom is -0.349 e. The van der Waals surface area contributed by atoms with Crippen molar-refractivity contribution in [1.29, 1.82) is 0 Å². The number of rotatable bonds is 3. The Kier molecular flexibility index (Phi) is 2.53. The predicted molar refractivity (Wildman–Crippen MR) is 70.7 cm³/mol. The Morgan fingerprint density at radius 1 is 1.24 bits per heavy atom. The van der Waals surface area contributed by atoms with Crippen molar-refractivity contribution >= 4 is 27.7 Å². The van der Waals surface area contributed by atoms with Gasteiger partial charge in [-0.15, -0.1) is 11.3 Å². The summed E-state index contributed by atoms with van der Waals surface area (Å²) in [6.45, 7) is 0.817. The van der Waals surface area contributed by atoms with E-state index in [4.69, 9.17) is 0 Å². The SMILES string of the molecule is O=Cc1ccn(Cc2csc3ccccc23)c1. The zero-order chi connectivity index (χ0) is 11.7. The quantitative estimate of drug-likeness (QED) is 0.643. The molecule has 0 radical (unpaired) electrons. The van der Waals surface area contributed by atoms with Gasteiger partial charge < -0.3 is 4.57 Å². The van der Waals surface area contributed by atoms with Gasteiger partial charge in [0, 0.05) is 29.2 Å². The highest BCUT2D eigenvalue weighted by Crippen LogP contribution is 2.26. The van der Waals surface area contributed by atoms with Crippen molar-refractivity contribution < 1.29 is 4.79 Å². The monoisotopic (exact) mass is 241 g/mol. The molecule has 0 unspecified atom stereocenters. The van der Waals surface area contributed by atoms with Gasteiger partial charge >= 0.3 is 0 Å². The number of aldehydes is 1. The zero-order valence-corrected chi connectivity index (χ0v) is 9.98. The summed E-state index contributed by atoms with van der Waals surface area (Å²) in [6.07, 6.45) is 4.69. The maximum atomic E-state index is 10.6. The second-order valence-corrected chi connectivity index (χ2v) is 4.90. The first kappa shape index (κ1) is 10.3. The van der Waals surface area contributed by atoms with Crippen LogP contribution in [0, 0.1) is 0 Å². The van der Waals surface area contributed by atoms with Crippen molar-refractivity contribution in [3.8, 4) is 0 Å². The second kappa shape index (κ2) is 4.18. The van der Waals surface area contributed by atoms with Crippen LogP contribution in [0.4, 0.5) is 0 Å². The van der Waals surface area contributed by atoms with Crippen LogP contribution < -0.4 is 0 Å². The van der Waals surface area contributed by atoms with Gasteiger partial charge in [0.1, 0.15) is 0 Å². The van der Waals surface area contributed by atoms with Crippen molar-refractivity contribution in [1.82, 2.24) is 4.57 Å². The molecule has 0 aliphatic rings. The van der Waals surface area contributed by atoms with Gasteiger partial charge in [0.25, 0.3) is 0 Å². The van der Waals surface area contributed by atoms with Gasteiger partial charge in [-0.05, 0) is 28.5 Å². The zero-order valence-electron chi connectivity index (χ0n) is 9.17. The molecule has 1 aromatic carbocycles. The van der Waals surface area contributed by atoms with Crippen molar-refractivity contribution in [2.45, 2.75) is 6.54 Å². The summed E-state index contributed by atoms with van der Waals surface area (Å²) in [5.74, 6) is 0. The van der Waals surface area contributed by atoms with E-state index in [0.717, 1.165) is 18.4 Å².